The van der Waals surface area contributed by atoms with Crippen molar-refractivity contribution in [3.8, 4) is 0 Å². The Morgan fingerprint density at radius 3 is 3.00 bits per heavy atom. The second-order valence-electron chi connectivity index (χ2n) is 3.39. The Bertz CT molecular complexity index is 519. The van der Waals surface area contributed by atoms with E-state index in [0.29, 0.717) is 6.54 Å². The fourth-order valence-corrected chi connectivity index (χ4v) is 1.58. The maximum absolute atomic E-state index is 5.42. The van der Waals surface area contributed by atoms with E-state index in [-0.39, 0.29) is 0 Å². The zero-order valence-corrected chi connectivity index (χ0v) is 9.14. The van der Waals surface area contributed by atoms with Gasteiger partial charge in [-0.3, -0.25) is 0 Å². The van der Waals surface area contributed by atoms with Crippen LogP contribution in [0.3, 0.4) is 0 Å². The Morgan fingerprint density at radius 2 is 2.25 bits per heavy atom. The summed E-state index contributed by atoms with van der Waals surface area (Å²) in [5.41, 5.74) is 7.46. The van der Waals surface area contributed by atoms with Crippen LogP contribution in [0.1, 0.15) is 5.56 Å². The molecule has 2 rings (SSSR count). The lowest BCUT2D eigenvalue weighted by atomic mass is 10.1. The molecule has 0 bridgehead atoms. The summed E-state index contributed by atoms with van der Waals surface area (Å²) >= 11 is 0. The third-order valence-corrected chi connectivity index (χ3v) is 2.34. The van der Waals surface area contributed by atoms with E-state index in [0.717, 1.165) is 22.3 Å². The average molecular weight is 214 g/mol. The number of nitrogens with one attached hydrogen (secondary N) is 1. The Hall–Kier alpha value is -1.94. The van der Waals surface area contributed by atoms with Crippen molar-refractivity contribution in [2.24, 2.45) is 5.73 Å². The summed E-state index contributed by atoms with van der Waals surface area (Å²) in [7, 11) is 1.85. The number of hydrogen-bond donors (Lipinski definition) is 2. The van der Waals surface area contributed by atoms with E-state index in [4.69, 9.17) is 5.73 Å². The van der Waals surface area contributed by atoms with Crippen molar-refractivity contribution in [2.75, 3.05) is 18.9 Å². The molecule has 2 aromatic rings. The Morgan fingerprint density at radius 1 is 1.38 bits per heavy atom. The van der Waals surface area contributed by atoms with Crippen LogP contribution >= 0.6 is 0 Å². The smallest absolute Gasteiger partial charge is 0.137 e. The lowest BCUT2D eigenvalue weighted by Gasteiger charge is -2.04. The van der Waals surface area contributed by atoms with Gasteiger partial charge in [-0.05, 0) is 17.7 Å². The molecule has 1 aromatic heterocycles. The maximum Gasteiger partial charge on any atom is 0.137 e. The van der Waals surface area contributed by atoms with E-state index >= 15 is 0 Å². The summed E-state index contributed by atoms with van der Waals surface area (Å²) in [6.45, 7) is 0.544. The number of fused-ring (bicyclic) bond motifs is 1. The molecule has 3 N–H and O–H groups in total. The van der Waals surface area contributed by atoms with Crippen molar-refractivity contribution in [2.45, 2.75) is 0 Å². The third-order valence-electron chi connectivity index (χ3n) is 2.34. The van der Waals surface area contributed by atoms with Crippen molar-refractivity contribution in [3.63, 3.8) is 0 Å². The first-order valence-electron chi connectivity index (χ1n) is 5.14. The van der Waals surface area contributed by atoms with Gasteiger partial charge in [0.25, 0.3) is 0 Å². The number of benzene rings is 1. The molecule has 82 valence electrons. The van der Waals surface area contributed by atoms with Crippen LogP contribution in [-0.4, -0.2) is 23.6 Å². The molecule has 0 saturated carbocycles. The molecule has 0 atom stereocenters. The highest BCUT2D eigenvalue weighted by Crippen LogP contribution is 2.20. The second kappa shape index (κ2) is 4.72. The van der Waals surface area contributed by atoms with Crippen LogP contribution in [-0.2, 0) is 0 Å². The van der Waals surface area contributed by atoms with E-state index in [2.05, 4.69) is 15.3 Å². The molecule has 0 spiro atoms. The molecule has 0 aliphatic rings. The molecule has 4 heteroatoms. The van der Waals surface area contributed by atoms with Crippen molar-refractivity contribution >= 4 is 22.8 Å². The zero-order chi connectivity index (χ0) is 11.4. The fourth-order valence-electron chi connectivity index (χ4n) is 1.58. The monoisotopic (exact) mass is 214 g/mol. The lowest BCUT2D eigenvalue weighted by molar-refractivity contribution is 1.21. The molecular formula is C12H14N4. The van der Waals surface area contributed by atoms with Crippen molar-refractivity contribution in [1.29, 1.82) is 0 Å². The lowest BCUT2D eigenvalue weighted by Crippen LogP contribution is -1.95. The SMILES string of the molecule is CNc1ncnc2ccc(C=CCN)cc12. The standard InChI is InChI=1S/C12H14N4/c1-14-12-10-7-9(3-2-6-13)4-5-11(10)15-8-16-12/h2-5,7-8H,6,13H2,1H3,(H,14,15,16). The topological polar surface area (TPSA) is 63.8 Å². The van der Waals surface area contributed by atoms with Crippen molar-refractivity contribution in [1.82, 2.24) is 9.97 Å². The van der Waals surface area contributed by atoms with Crippen LogP contribution in [0.2, 0.25) is 0 Å². The highest BCUT2D eigenvalue weighted by molar-refractivity contribution is 5.90. The van der Waals surface area contributed by atoms with Gasteiger partial charge in [-0.15, -0.1) is 0 Å². The molecule has 1 heterocycles. The molecule has 16 heavy (non-hydrogen) atoms. The predicted molar refractivity (Wildman–Crippen MR) is 67.2 cm³/mol. The van der Waals surface area contributed by atoms with Gasteiger partial charge in [-0.25, -0.2) is 9.97 Å². The first kappa shape index (κ1) is 10.6. The zero-order valence-electron chi connectivity index (χ0n) is 9.14. The van der Waals surface area contributed by atoms with Crippen molar-refractivity contribution in [3.05, 3.63) is 36.2 Å². The van der Waals surface area contributed by atoms with E-state index in [1.54, 1.807) is 6.33 Å². The fraction of sp³-hybridized carbons (Fsp3) is 0.167. The molecule has 0 saturated heterocycles. The first-order chi connectivity index (χ1) is 7.85. The summed E-state index contributed by atoms with van der Waals surface area (Å²) in [4.78, 5) is 8.39. The van der Waals surface area contributed by atoms with Crippen LogP contribution in [0.15, 0.2) is 30.6 Å². The number of hydrogen-bond acceptors (Lipinski definition) is 4. The molecule has 0 fully saturated rings. The Balaban J connectivity index is 2.54. The van der Waals surface area contributed by atoms with Gasteiger partial charge >= 0.3 is 0 Å². The summed E-state index contributed by atoms with van der Waals surface area (Å²) < 4.78 is 0. The van der Waals surface area contributed by atoms with Crippen molar-refractivity contribution < 1.29 is 0 Å². The summed E-state index contributed by atoms with van der Waals surface area (Å²) in [6.07, 6.45) is 5.47. The molecule has 0 aliphatic heterocycles. The van der Waals surface area contributed by atoms with Gasteiger partial charge in [-0.1, -0.05) is 18.2 Å². The van der Waals surface area contributed by atoms with Gasteiger partial charge in [0.15, 0.2) is 0 Å². The highest BCUT2D eigenvalue weighted by Gasteiger charge is 2.01. The van der Waals surface area contributed by atoms with E-state index in [1.165, 1.54) is 0 Å². The normalized spacial score (nSPS) is 11.1. The maximum atomic E-state index is 5.42. The van der Waals surface area contributed by atoms with Crippen LogP contribution < -0.4 is 11.1 Å². The van der Waals surface area contributed by atoms with Gasteiger partial charge < -0.3 is 11.1 Å². The molecule has 1 aromatic carbocycles. The molecule has 0 unspecified atom stereocenters. The predicted octanol–water partition coefficient (Wildman–Crippen LogP) is 1.64. The number of nitrogens with two attached hydrogens (primary N) is 1. The third kappa shape index (κ3) is 2.01. The molecular weight excluding hydrogens is 200 g/mol. The average Bonchev–Trinajstić information content (AvgIpc) is 2.35. The van der Waals surface area contributed by atoms with Gasteiger partial charge in [0.2, 0.25) is 0 Å². The van der Waals surface area contributed by atoms with Gasteiger partial charge in [0.1, 0.15) is 12.1 Å². The molecule has 4 nitrogen and oxygen atoms in total. The minimum atomic E-state index is 0.544. The van der Waals surface area contributed by atoms with E-state index < -0.39 is 0 Å². The molecule has 0 aliphatic carbocycles. The van der Waals surface area contributed by atoms with Gasteiger partial charge in [-0.2, -0.15) is 0 Å². The largest absolute Gasteiger partial charge is 0.373 e. The van der Waals surface area contributed by atoms with Crippen LogP contribution in [0, 0.1) is 0 Å². The quantitative estimate of drug-likeness (QED) is 0.815. The summed E-state index contributed by atoms with van der Waals surface area (Å²) in [5.74, 6) is 0.841. The van der Waals surface area contributed by atoms with Crippen LogP contribution in [0.5, 0.6) is 0 Å². The van der Waals surface area contributed by atoms with Crippen LogP contribution in [0.25, 0.3) is 17.0 Å². The first-order valence-corrected chi connectivity index (χ1v) is 5.14. The molecule has 0 amide bonds. The van der Waals surface area contributed by atoms with E-state index in [1.807, 2.05) is 37.4 Å². The number of nitrogens with zero attached hydrogens (tertiary/aromatic N) is 2. The molecule has 0 radical (unpaired) electrons. The van der Waals surface area contributed by atoms with Gasteiger partial charge in [0.05, 0.1) is 5.52 Å². The number of anilines is 1. The van der Waals surface area contributed by atoms with E-state index in [9.17, 15) is 0 Å². The van der Waals surface area contributed by atoms with Crippen LogP contribution in [0.4, 0.5) is 5.82 Å². The minimum absolute atomic E-state index is 0.544. The van der Waals surface area contributed by atoms with Gasteiger partial charge in [0, 0.05) is 19.0 Å². The Kier molecular flexibility index (Phi) is 3.12. The second-order valence-corrected chi connectivity index (χ2v) is 3.39. The number of aromatic nitrogens is 2. The summed E-state index contributed by atoms with van der Waals surface area (Å²) in [5, 5.41) is 4.07. The highest BCUT2D eigenvalue weighted by atomic mass is 15.0. The Labute approximate surface area is 94.2 Å². The number of rotatable bonds is 3. The summed E-state index contributed by atoms with van der Waals surface area (Å²) in [6, 6.07) is 6.04. The minimum Gasteiger partial charge on any atom is -0.373 e.